The van der Waals surface area contributed by atoms with Gasteiger partial charge in [0.1, 0.15) is 16.8 Å². The van der Waals surface area contributed by atoms with Crippen molar-refractivity contribution in [3.63, 3.8) is 0 Å². The molecule has 7 nitrogen and oxygen atoms in total. The fourth-order valence-electron chi connectivity index (χ4n) is 3.09. The Morgan fingerprint density at radius 3 is 2.46 bits per heavy atom. The fourth-order valence-corrected chi connectivity index (χ4v) is 3.09. The first-order chi connectivity index (χ1) is 13.3. The minimum absolute atomic E-state index is 0.00327. The van der Waals surface area contributed by atoms with Gasteiger partial charge in [0.2, 0.25) is 5.88 Å². The SMILES string of the molecule is COc1ccc2nc(C)c3c(C(F)(F)F)nc(-c4cnccc4OC)n3c2n1. The molecule has 0 unspecified atom stereocenters. The normalized spacial score (nSPS) is 11.9. The molecule has 0 saturated carbocycles. The highest BCUT2D eigenvalue weighted by Gasteiger charge is 2.39. The lowest BCUT2D eigenvalue weighted by Gasteiger charge is -2.10. The van der Waals surface area contributed by atoms with Gasteiger partial charge in [0.05, 0.1) is 25.5 Å². The maximum absolute atomic E-state index is 13.8. The van der Waals surface area contributed by atoms with Crippen molar-refractivity contribution in [2.45, 2.75) is 13.1 Å². The molecule has 0 atom stereocenters. The lowest BCUT2D eigenvalue weighted by Crippen LogP contribution is -2.08. The number of methoxy groups -OCH3 is 2. The Balaban J connectivity index is 2.23. The molecule has 0 aliphatic carbocycles. The number of aromatic nitrogens is 5. The summed E-state index contributed by atoms with van der Waals surface area (Å²) in [6.45, 7) is 1.50. The van der Waals surface area contributed by atoms with Crippen LogP contribution in [0.4, 0.5) is 13.2 Å². The van der Waals surface area contributed by atoms with E-state index >= 15 is 0 Å². The summed E-state index contributed by atoms with van der Waals surface area (Å²) in [5, 5.41) is 0. The highest BCUT2D eigenvalue weighted by Crippen LogP contribution is 2.39. The number of aryl methyl sites for hydroxylation is 1. The molecule has 0 radical (unpaired) electrons. The molecular formula is C18H14F3N5O2. The Hall–Kier alpha value is -3.43. The molecule has 0 fully saturated rings. The lowest BCUT2D eigenvalue weighted by molar-refractivity contribution is -0.139. The molecule has 4 heterocycles. The number of hydrogen-bond acceptors (Lipinski definition) is 6. The summed E-state index contributed by atoms with van der Waals surface area (Å²) < 4.78 is 53.0. The largest absolute Gasteiger partial charge is 0.496 e. The van der Waals surface area contributed by atoms with Gasteiger partial charge in [-0.15, -0.1) is 0 Å². The third-order valence-corrected chi connectivity index (χ3v) is 4.27. The number of hydrogen-bond donors (Lipinski definition) is 0. The monoisotopic (exact) mass is 389 g/mol. The predicted molar refractivity (Wildman–Crippen MR) is 94.4 cm³/mol. The molecule has 0 bridgehead atoms. The smallest absolute Gasteiger partial charge is 0.435 e. The van der Waals surface area contributed by atoms with Gasteiger partial charge >= 0.3 is 6.18 Å². The molecule has 10 heteroatoms. The van der Waals surface area contributed by atoms with E-state index in [-0.39, 0.29) is 28.6 Å². The number of rotatable bonds is 3. The van der Waals surface area contributed by atoms with E-state index in [9.17, 15) is 13.2 Å². The molecule has 4 rings (SSSR count). The third kappa shape index (κ3) is 2.68. The Bertz CT molecular complexity index is 1200. The van der Waals surface area contributed by atoms with Crippen molar-refractivity contribution < 1.29 is 22.6 Å². The number of nitrogens with zero attached hydrogens (tertiary/aromatic N) is 5. The zero-order valence-electron chi connectivity index (χ0n) is 15.1. The Labute approximate surface area is 156 Å². The highest BCUT2D eigenvalue weighted by atomic mass is 19.4. The summed E-state index contributed by atoms with van der Waals surface area (Å²) in [4.78, 5) is 16.5. The van der Waals surface area contributed by atoms with Crippen LogP contribution >= 0.6 is 0 Å². The Morgan fingerprint density at radius 1 is 1.00 bits per heavy atom. The summed E-state index contributed by atoms with van der Waals surface area (Å²) in [6.07, 6.45) is -1.80. The topological polar surface area (TPSA) is 74.4 Å². The molecule has 0 aliphatic heterocycles. The molecule has 144 valence electrons. The van der Waals surface area contributed by atoms with Crippen molar-refractivity contribution in [1.82, 2.24) is 24.3 Å². The van der Waals surface area contributed by atoms with Crippen LogP contribution in [-0.4, -0.2) is 38.6 Å². The van der Waals surface area contributed by atoms with Crippen LogP contribution in [0, 0.1) is 6.92 Å². The predicted octanol–water partition coefficient (Wildman–Crippen LogP) is 3.68. The van der Waals surface area contributed by atoms with Crippen LogP contribution in [0.1, 0.15) is 11.4 Å². The average molecular weight is 389 g/mol. The van der Waals surface area contributed by atoms with Gasteiger partial charge in [-0.1, -0.05) is 0 Å². The molecule has 0 spiro atoms. The number of fused-ring (bicyclic) bond motifs is 3. The van der Waals surface area contributed by atoms with E-state index in [4.69, 9.17) is 9.47 Å². The van der Waals surface area contributed by atoms with Gasteiger partial charge in [0.15, 0.2) is 17.2 Å². The molecule has 0 amide bonds. The van der Waals surface area contributed by atoms with E-state index in [0.717, 1.165) is 0 Å². The average Bonchev–Trinajstić information content (AvgIpc) is 3.09. The van der Waals surface area contributed by atoms with E-state index in [1.165, 1.54) is 37.9 Å². The van der Waals surface area contributed by atoms with E-state index < -0.39 is 11.9 Å². The number of halogens is 3. The third-order valence-electron chi connectivity index (χ3n) is 4.27. The first-order valence-electron chi connectivity index (χ1n) is 8.14. The molecule has 0 saturated heterocycles. The van der Waals surface area contributed by atoms with Crippen molar-refractivity contribution in [1.29, 1.82) is 0 Å². The Kier molecular flexibility index (Phi) is 4.06. The van der Waals surface area contributed by atoms with Gasteiger partial charge in [0, 0.05) is 18.5 Å². The van der Waals surface area contributed by atoms with Crippen LogP contribution in [0.25, 0.3) is 28.1 Å². The minimum Gasteiger partial charge on any atom is -0.496 e. The van der Waals surface area contributed by atoms with E-state index in [1.54, 1.807) is 18.2 Å². The van der Waals surface area contributed by atoms with Crippen molar-refractivity contribution in [2.75, 3.05) is 14.2 Å². The van der Waals surface area contributed by atoms with E-state index in [1.807, 2.05) is 0 Å². The van der Waals surface area contributed by atoms with E-state index in [0.29, 0.717) is 16.8 Å². The van der Waals surface area contributed by atoms with Crippen molar-refractivity contribution >= 4 is 16.7 Å². The maximum Gasteiger partial charge on any atom is 0.435 e. The molecular weight excluding hydrogens is 375 g/mol. The van der Waals surface area contributed by atoms with Crippen molar-refractivity contribution in [3.05, 3.63) is 42.0 Å². The van der Waals surface area contributed by atoms with Gasteiger partial charge in [-0.25, -0.2) is 9.97 Å². The van der Waals surface area contributed by atoms with Crippen LogP contribution in [0.3, 0.4) is 0 Å². The second-order valence-corrected chi connectivity index (χ2v) is 5.94. The quantitative estimate of drug-likeness (QED) is 0.532. The van der Waals surface area contributed by atoms with Gasteiger partial charge in [-0.05, 0) is 19.1 Å². The minimum atomic E-state index is -4.68. The van der Waals surface area contributed by atoms with Gasteiger partial charge in [-0.3, -0.25) is 9.38 Å². The standard InChI is InChI=1S/C18H14F3N5O2/c1-9-14-15(18(19,20)21)25-16(10-8-22-7-6-12(10)27-2)26(14)17-11(23-9)4-5-13(24-17)28-3/h4-8H,1-3H3. The van der Waals surface area contributed by atoms with Crippen molar-refractivity contribution in [3.8, 4) is 23.0 Å². The number of imidazole rings is 1. The van der Waals surface area contributed by atoms with Crippen LogP contribution in [0.15, 0.2) is 30.6 Å². The molecule has 0 aromatic carbocycles. The second kappa shape index (κ2) is 6.32. The zero-order valence-corrected chi connectivity index (χ0v) is 15.1. The first kappa shape index (κ1) is 18.0. The summed E-state index contributed by atoms with van der Waals surface area (Å²) in [5.41, 5.74) is -0.170. The van der Waals surface area contributed by atoms with Crippen molar-refractivity contribution in [2.24, 2.45) is 0 Å². The molecule has 4 aromatic rings. The summed E-state index contributed by atoms with van der Waals surface area (Å²) >= 11 is 0. The summed E-state index contributed by atoms with van der Waals surface area (Å²) in [7, 11) is 2.85. The molecule has 28 heavy (non-hydrogen) atoms. The van der Waals surface area contributed by atoms with Crippen LogP contribution in [-0.2, 0) is 6.18 Å². The molecule has 4 aromatic heterocycles. The van der Waals surface area contributed by atoms with Crippen LogP contribution in [0.2, 0.25) is 0 Å². The fraction of sp³-hybridized carbons (Fsp3) is 0.222. The zero-order chi connectivity index (χ0) is 20.1. The van der Waals surface area contributed by atoms with Crippen LogP contribution in [0.5, 0.6) is 11.6 Å². The number of ether oxygens (including phenoxy) is 2. The van der Waals surface area contributed by atoms with Crippen LogP contribution < -0.4 is 9.47 Å². The summed E-state index contributed by atoms with van der Waals surface area (Å²) in [5.74, 6) is 0.579. The number of pyridine rings is 2. The number of alkyl halides is 3. The maximum atomic E-state index is 13.8. The first-order valence-corrected chi connectivity index (χ1v) is 8.14. The van der Waals surface area contributed by atoms with E-state index in [2.05, 4.69) is 19.9 Å². The van der Waals surface area contributed by atoms with Gasteiger partial charge in [0.25, 0.3) is 0 Å². The van der Waals surface area contributed by atoms with Gasteiger partial charge < -0.3 is 9.47 Å². The lowest BCUT2D eigenvalue weighted by atomic mass is 10.2. The Morgan fingerprint density at radius 2 is 1.79 bits per heavy atom. The second-order valence-electron chi connectivity index (χ2n) is 5.94. The van der Waals surface area contributed by atoms with Gasteiger partial charge in [-0.2, -0.15) is 18.2 Å². The molecule has 0 N–H and O–H groups in total. The highest BCUT2D eigenvalue weighted by molar-refractivity contribution is 5.82. The molecule has 0 aliphatic rings. The summed E-state index contributed by atoms with van der Waals surface area (Å²) in [6, 6.07) is 4.77.